The molecule has 3 rings (SSSR count). The van der Waals surface area contributed by atoms with Gasteiger partial charge in [-0.2, -0.15) is 0 Å². The predicted molar refractivity (Wildman–Crippen MR) is 66.9 cm³/mol. The fraction of sp³-hybridized carbons (Fsp3) is 0.231. The fourth-order valence-corrected chi connectivity index (χ4v) is 2.83. The Labute approximate surface area is 103 Å². The zero-order valence-electron chi connectivity index (χ0n) is 9.40. The van der Waals surface area contributed by atoms with E-state index < -0.39 is 0 Å². The van der Waals surface area contributed by atoms with Crippen LogP contribution in [0.5, 0.6) is 5.75 Å². The van der Waals surface area contributed by atoms with E-state index in [9.17, 15) is 4.79 Å². The number of rotatable bonds is 2. The zero-order chi connectivity index (χ0) is 11.8. The van der Waals surface area contributed by atoms with Crippen LogP contribution in [0, 0.1) is 6.92 Å². The summed E-state index contributed by atoms with van der Waals surface area (Å²) >= 11 is 1.43. The number of ether oxygens (including phenoxy) is 1. The molecule has 0 atom stereocenters. The van der Waals surface area contributed by atoms with Gasteiger partial charge >= 0.3 is 0 Å². The van der Waals surface area contributed by atoms with Crippen molar-refractivity contribution in [2.75, 3.05) is 6.61 Å². The largest absolute Gasteiger partial charge is 0.493 e. The Morgan fingerprint density at radius 3 is 3.12 bits per heavy atom. The van der Waals surface area contributed by atoms with E-state index in [0.29, 0.717) is 5.01 Å². The number of carbonyl (C=O) groups excluding carboxylic acids is 1. The van der Waals surface area contributed by atoms with Crippen molar-refractivity contribution in [1.29, 1.82) is 0 Å². The molecule has 0 radical (unpaired) electrons. The van der Waals surface area contributed by atoms with E-state index in [4.69, 9.17) is 4.74 Å². The van der Waals surface area contributed by atoms with Crippen molar-refractivity contribution in [3.8, 4) is 17.0 Å². The van der Waals surface area contributed by atoms with Crippen molar-refractivity contribution in [3.63, 3.8) is 0 Å². The van der Waals surface area contributed by atoms with Crippen LogP contribution in [0.15, 0.2) is 18.2 Å². The van der Waals surface area contributed by atoms with Gasteiger partial charge in [-0.05, 0) is 30.7 Å². The lowest BCUT2D eigenvalue weighted by atomic mass is 10.1. The summed E-state index contributed by atoms with van der Waals surface area (Å²) in [6, 6.07) is 6.09. The quantitative estimate of drug-likeness (QED) is 0.764. The van der Waals surface area contributed by atoms with Crippen molar-refractivity contribution in [2.45, 2.75) is 13.3 Å². The molecule has 0 unspecified atom stereocenters. The molecule has 4 heteroatoms. The van der Waals surface area contributed by atoms with Crippen molar-refractivity contribution < 1.29 is 9.53 Å². The number of carbonyl (C=O) groups is 1. The van der Waals surface area contributed by atoms with Gasteiger partial charge in [-0.3, -0.25) is 4.79 Å². The first-order chi connectivity index (χ1) is 8.28. The van der Waals surface area contributed by atoms with Crippen LogP contribution in [0.4, 0.5) is 0 Å². The minimum absolute atomic E-state index is 0.536. The van der Waals surface area contributed by atoms with Crippen molar-refractivity contribution in [1.82, 2.24) is 4.98 Å². The number of hydrogen-bond donors (Lipinski definition) is 0. The van der Waals surface area contributed by atoms with Gasteiger partial charge in [0.15, 0.2) is 11.3 Å². The van der Waals surface area contributed by atoms with E-state index in [-0.39, 0.29) is 0 Å². The Morgan fingerprint density at radius 1 is 1.47 bits per heavy atom. The monoisotopic (exact) mass is 245 g/mol. The van der Waals surface area contributed by atoms with Gasteiger partial charge < -0.3 is 4.74 Å². The summed E-state index contributed by atoms with van der Waals surface area (Å²) in [5.74, 6) is 0.970. The van der Waals surface area contributed by atoms with Crippen LogP contribution in [0.2, 0.25) is 0 Å². The van der Waals surface area contributed by atoms with Crippen LogP contribution in [0.3, 0.4) is 0 Å². The van der Waals surface area contributed by atoms with Gasteiger partial charge in [0.1, 0.15) is 5.75 Å². The van der Waals surface area contributed by atoms with Gasteiger partial charge in [-0.15, -0.1) is 11.3 Å². The molecule has 0 fully saturated rings. The molecular weight excluding hydrogens is 234 g/mol. The van der Waals surface area contributed by atoms with E-state index in [0.717, 1.165) is 41.2 Å². The third-order valence-electron chi connectivity index (χ3n) is 2.88. The fourth-order valence-electron chi connectivity index (χ4n) is 2.07. The third kappa shape index (κ3) is 1.74. The average molecular weight is 245 g/mol. The highest BCUT2D eigenvalue weighted by atomic mass is 32.1. The number of aromatic nitrogens is 1. The summed E-state index contributed by atoms with van der Waals surface area (Å²) in [6.45, 7) is 2.75. The highest BCUT2D eigenvalue weighted by Crippen LogP contribution is 2.32. The molecule has 0 bridgehead atoms. The van der Waals surface area contributed by atoms with Gasteiger partial charge in [0, 0.05) is 16.9 Å². The second-order valence-electron chi connectivity index (χ2n) is 4.00. The standard InChI is InChI=1S/C13H11NO2S/c1-8-13(14-12(7-15)17-8)10-2-3-11-9(6-10)4-5-16-11/h2-3,6-7H,4-5H2,1H3. The predicted octanol–water partition coefficient (Wildman–Crippen LogP) is 2.87. The molecule has 0 amide bonds. The molecule has 0 aliphatic carbocycles. The summed E-state index contributed by atoms with van der Waals surface area (Å²) < 4.78 is 5.47. The summed E-state index contributed by atoms with van der Waals surface area (Å²) in [5, 5.41) is 0.536. The Bertz CT molecular complexity index is 589. The molecule has 3 nitrogen and oxygen atoms in total. The van der Waals surface area contributed by atoms with Crippen LogP contribution < -0.4 is 4.74 Å². The maximum atomic E-state index is 10.7. The number of aryl methyl sites for hydroxylation is 1. The first-order valence-electron chi connectivity index (χ1n) is 5.46. The third-order valence-corrected chi connectivity index (χ3v) is 3.77. The molecule has 0 saturated heterocycles. The van der Waals surface area contributed by atoms with Crippen LogP contribution in [0.25, 0.3) is 11.3 Å². The molecule has 17 heavy (non-hydrogen) atoms. The number of aldehydes is 1. The lowest BCUT2D eigenvalue weighted by Crippen LogP contribution is -1.85. The van der Waals surface area contributed by atoms with E-state index in [1.165, 1.54) is 16.9 Å². The normalized spacial score (nSPS) is 13.2. The smallest absolute Gasteiger partial charge is 0.178 e. The van der Waals surface area contributed by atoms with Crippen LogP contribution in [-0.4, -0.2) is 17.9 Å². The summed E-state index contributed by atoms with van der Waals surface area (Å²) in [4.78, 5) is 16.1. The van der Waals surface area contributed by atoms with Crippen molar-refractivity contribution >= 4 is 17.6 Å². The van der Waals surface area contributed by atoms with Gasteiger partial charge in [-0.25, -0.2) is 4.98 Å². The Kier molecular flexibility index (Phi) is 2.44. The lowest BCUT2D eigenvalue weighted by molar-refractivity contribution is 0.112. The van der Waals surface area contributed by atoms with Gasteiger partial charge in [0.25, 0.3) is 0 Å². The van der Waals surface area contributed by atoms with Crippen molar-refractivity contribution in [3.05, 3.63) is 33.6 Å². The van der Waals surface area contributed by atoms with Gasteiger partial charge in [0.2, 0.25) is 0 Å². The van der Waals surface area contributed by atoms with E-state index in [2.05, 4.69) is 11.1 Å². The number of fused-ring (bicyclic) bond motifs is 1. The molecule has 1 aromatic carbocycles. The second-order valence-corrected chi connectivity index (χ2v) is 5.23. The Hall–Kier alpha value is -1.68. The second kappa shape index (κ2) is 3.96. The molecule has 0 N–H and O–H groups in total. The summed E-state index contributed by atoms with van der Waals surface area (Å²) in [7, 11) is 0. The zero-order valence-corrected chi connectivity index (χ0v) is 10.2. The molecule has 1 aromatic heterocycles. The lowest BCUT2D eigenvalue weighted by Gasteiger charge is -2.02. The minimum Gasteiger partial charge on any atom is -0.493 e. The number of thiazole rings is 1. The van der Waals surface area contributed by atoms with Crippen LogP contribution >= 0.6 is 11.3 Å². The van der Waals surface area contributed by atoms with Gasteiger partial charge in [0.05, 0.1) is 12.3 Å². The first-order valence-corrected chi connectivity index (χ1v) is 6.28. The van der Waals surface area contributed by atoms with E-state index >= 15 is 0 Å². The number of benzene rings is 1. The maximum absolute atomic E-state index is 10.7. The molecule has 2 heterocycles. The number of nitrogens with zero attached hydrogens (tertiary/aromatic N) is 1. The molecule has 0 saturated carbocycles. The molecule has 1 aliphatic rings. The maximum Gasteiger partial charge on any atom is 0.178 e. The minimum atomic E-state index is 0.536. The van der Waals surface area contributed by atoms with E-state index in [1.807, 2.05) is 19.1 Å². The molecular formula is C13H11NO2S. The van der Waals surface area contributed by atoms with E-state index in [1.54, 1.807) is 0 Å². The first kappa shape index (κ1) is 10.5. The molecule has 1 aliphatic heterocycles. The Morgan fingerprint density at radius 2 is 2.35 bits per heavy atom. The molecule has 0 spiro atoms. The molecule has 2 aromatic rings. The van der Waals surface area contributed by atoms with Crippen LogP contribution in [-0.2, 0) is 6.42 Å². The van der Waals surface area contributed by atoms with Crippen LogP contribution in [0.1, 0.15) is 20.2 Å². The summed E-state index contributed by atoms with van der Waals surface area (Å²) in [6.07, 6.45) is 1.75. The highest BCUT2D eigenvalue weighted by molar-refractivity contribution is 7.13. The Balaban J connectivity index is 2.08. The topological polar surface area (TPSA) is 39.2 Å². The average Bonchev–Trinajstić information content (AvgIpc) is 2.93. The molecule has 86 valence electrons. The number of hydrogen-bond acceptors (Lipinski definition) is 4. The van der Waals surface area contributed by atoms with Crippen molar-refractivity contribution in [2.24, 2.45) is 0 Å². The highest BCUT2D eigenvalue weighted by Gasteiger charge is 2.15. The van der Waals surface area contributed by atoms with Gasteiger partial charge in [-0.1, -0.05) is 0 Å². The SMILES string of the molecule is Cc1sc(C=O)nc1-c1ccc2c(c1)CCO2. The summed E-state index contributed by atoms with van der Waals surface area (Å²) in [5.41, 5.74) is 3.20.